The summed E-state index contributed by atoms with van der Waals surface area (Å²) in [6, 6.07) is 14.3. The van der Waals surface area contributed by atoms with Crippen LogP contribution in [0.2, 0.25) is 0 Å². The molecule has 0 N–H and O–H groups in total. The van der Waals surface area contributed by atoms with Crippen LogP contribution < -0.4 is 0 Å². The van der Waals surface area contributed by atoms with Crippen LogP contribution in [0, 0.1) is 6.92 Å². The number of benzene rings is 1. The summed E-state index contributed by atoms with van der Waals surface area (Å²) in [6.45, 7) is 10.3. The lowest BCUT2D eigenvalue weighted by Crippen LogP contribution is -1.82. The first-order chi connectivity index (χ1) is 8.77. The van der Waals surface area contributed by atoms with Gasteiger partial charge in [0.2, 0.25) is 0 Å². The van der Waals surface area contributed by atoms with Crippen LogP contribution in [0.25, 0.3) is 11.3 Å². The minimum atomic E-state index is 1.03. The highest BCUT2D eigenvalue weighted by molar-refractivity contribution is 5.58. The summed E-state index contributed by atoms with van der Waals surface area (Å²) in [5.74, 6) is 0. The summed E-state index contributed by atoms with van der Waals surface area (Å²) >= 11 is 0. The lowest BCUT2D eigenvalue weighted by Gasteiger charge is -1.99. The van der Waals surface area contributed by atoms with Gasteiger partial charge in [0, 0.05) is 11.8 Å². The fourth-order valence-electron chi connectivity index (χ4n) is 1.25. The van der Waals surface area contributed by atoms with Gasteiger partial charge in [0.25, 0.3) is 0 Å². The van der Waals surface area contributed by atoms with Crippen molar-refractivity contribution in [2.75, 3.05) is 0 Å². The van der Waals surface area contributed by atoms with Gasteiger partial charge < -0.3 is 0 Å². The second-order valence-corrected chi connectivity index (χ2v) is 3.79. The number of pyridine rings is 1. The molecule has 0 saturated heterocycles. The van der Waals surface area contributed by atoms with Crippen molar-refractivity contribution in [3.8, 4) is 11.3 Å². The van der Waals surface area contributed by atoms with Crippen LogP contribution in [0.5, 0.6) is 0 Å². The number of rotatable bonds is 1. The number of aromatic nitrogens is 1. The topological polar surface area (TPSA) is 12.9 Å². The summed E-state index contributed by atoms with van der Waals surface area (Å²) in [7, 11) is 0. The van der Waals surface area contributed by atoms with Crippen LogP contribution in [-0.2, 0) is 0 Å². The minimum Gasteiger partial charge on any atom is -0.256 e. The maximum Gasteiger partial charge on any atom is 0.0702 e. The monoisotopic (exact) mass is 243 g/mol. The molecule has 0 amide bonds. The Labute approximate surface area is 112 Å². The van der Waals surface area contributed by atoms with Gasteiger partial charge in [-0.05, 0) is 18.6 Å². The molecule has 0 bridgehead atoms. The van der Waals surface area contributed by atoms with Gasteiger partial charge in [0.15, 0.2) is 0 Å². The average molecular weight is 243 g/mol. The Kier molecular flexibility index (Phi) is 9.57. The molecule has 2 rings (SSSR count). The Bertz CT molecular complexity index is 390. The highest BCUT2D eigenvalue weighted by Crippen LogP contribution is 2.15. The van der Waals surface area contributed by atoms with Gasteiger partial charge in [0.05, 0.1) is 5.69 Å². The van der Waals surface area contributed by atoms with Gasteiger partial charge >= 0.3 is 0 Å². The Hall–Kier alpha value is -1.63. The Balaban J connectivity index is 0.000000509. The summed E-state index contributed by atoms with van der Waals surface area (Å²) < 4.78 is 0. The van der Waals surface area contributed by atoms with E-state index in [1.807, 2.05) is 51.2 Å². The van der Waals surface area contributed by atoms with E-state index in [0.717, 1.165) is 5.69 Å². The third-order valence-electron chi connectivity index (χ3n) is 1.98. The predicted molar refractivity (Wildman–Crippen MR) is 81.7 cm³/mol. The van der Waals surface area contributed by atoms with Crippen molar-refractivity contribution >= 4 is 0 Å². The molecule has 0 fully saturated rings. The van der Waals surface area contributed by atoms with Crippen LogP contribution in [0.15, 0.2) is 48.7 Å². The number of nitrogens with zero attached hydrogens (tertiary/aromatic N) is 1. The molecule has 1 heteroatoms. The standard InChI is InChI=1S/C12H11N.C3H8.C2H6/c1-10-7-8-12(13-9-10)11-5-3-2-4-6-11;1-3-2;1-2/h2-9H,1H3;3H2,1-2H3;1-2H3. The van der Waals surface area contributed by atoms with E-state index in [4.69, 9.17) is 0 Å². The Morgan fingerprint density at radius 3 is 1.89 bits per heavy atom. The number of hydrogen-bond acceptors (Lipinski definition) is 1. The lowest BCUT2D eigenvalue weighted by atomic mass is 10.1. The van der Waals surface area contributed by atoms with Crippen LogP contribution in [0.3, 0.4) is 0 Å². The molecule has 0 atom stereocenters. The molecule has 0 spiro atoms. The van der Waals surface area contributed by atoms with E-state index in [9.17, 15) is 0 Å². The molecule has 1 nitrogen and oxygen atoms in total. The molecule has 0 saturated carbocycles. The van der Waals surface area contributed by atoms with E-state index < -0.39 is 0 Å². The highest BCUT2D eigenvalue weighted by atomic mass is 14.7. The first-order valence-corrected chi connectivity index (χ1v) is 6.76. The summed E-state index contributed by atoms with van der Waals surface area (Å²) in [6.07, 6.45) is 3.14. The van der Waals surface area contributed by atoms with Crippen LogP contribution in [-0.4, -0.2) is 4.98 Å². The molecular formula is C17H25N. The largest absolute Gasteiger partial charge is 0.256 e. The molecule has 98 valence electrons. The van der Waals surface area contributed by atoms with Gasteiger partial charge in [-0.25, -0.2) is 0 Å². The predicted octanol–water partition coefficient (Wildman–Crippen LogP) is 5.50. The third kappa shape index (κ3) is 6.19. The minimum absolute atomic E-state index is 1.03. The molecule has 1 aromatic carbocycles. The molecular weight excluding hydrogens is 218 g/mol. The van der Waals surface area contributed by atoms with Crippen molar-refractivity contribution < 1.29 is 0 Å². The SMILES string of the molecule is CC.CCC.Cc1ccc(-c2ccccc2)nc1. The van der Waals surface area contributed by atoms with E-state index in [1.54, 1.807) is 0 Å². The van der Waals surface area contributed by atoms with Crippen LogP contribution >= 0.6 is 0 Å². The van der Waals surface area contributed by atoms with Gasteiger partial charge in [-0.3, -0.25) is 4.98 Å². The highest BCUT2D eigenvalue weighted by Gasteiger charge is 1.95. The molecule has 0 unspecified atom stereocenters. The summed E-state index contributed by atoms with van der Waals surface area (Å²) in [4.78, 5) is 4.35. The van der Waals surface area contributed by atoms with E-state index in [1.165, 1.54) is 17.5 Å². The van der Waals surface area contributed by atoms with Gasteiger partial charge in [0.1, 0.15) is 0 Å². The van der Waals surface area contributed by atoms with Gasteiger partial charge in [-0.15, -0.1) is 0 Å². The van der Waals surface area contributed by atoms with Crippen molar-refractivity contribution in [2.45, 2.75) is 41.0 Å². The molecule has 0 aliphatic rings. The van der Waals surface area contributed by atoms with Crippen molar-refractivity contribution in [1.29, 1.82) is 0 Å². The van der Waals surface area contributed by atoms with Crippen molar-refractivity contribution in [3.63, 3.8) is 0 Å². The van der Waals surface area contributed by atoms with Gasteiger partial charge in [-0.1, -0.05) is 70.5 Å². The summed E-state index contributed by atoms with van der Waals surface area (Å²) in [5, 5.41) is 0. The molecule has 0 aliphatic heterocycles. The normalized spacial score (nSPS) is 8.50. The average Bonchev–Trinajstić information content (AvgIpc) is 2.44. The first kappa shape index (κ1) is 16.4. The van der Waals surface area contributed by atoms with E-state index in [0.29, 0.717) is 0 Å². The quantitative estimate of drug-likeness (QED) is 0.644. The molecule has 1 aromatic heterocycles. The van der Waals surface area contributed by atoms with E-state index in [-0.39, 0.29) is 0 Å². The van der Waals surface area contributed by atoms with E-state index in [2.05, 4.69) is 37.0 Å². The molecule has 0 aliphatic carbocycles. The van der Waals surface area contributed by atoms with Crippen molar-refractivity contribution in [2.24, 2.45) is 0 Å². The van der Waals surface area contributed by atoms with Crippen LogP contribution in [0.4, 0.5) is 0 Å². The zero-order valence-corrected chi connectivity index (χ0v) is 12.3. The van der Waals surface area contributed by atoms with Gasteiger partial charge in [-0.2, -0.15) is 0 Å². The number of aryl methyl sites for hydroxylation is 1. The Morgan fingerprint density at radius 1 is 0.889 bits per heavy atom. The second kappa shape index (κ2) is 10.5. The van der Waals surface area contributed by atoms with Crippen molar-refractivity contribution in [3.05, 3.63) is 54.2 Å². The first-order valence-electron chi connectivity index (χ1n) is 6.76. The Morgan fingerprint density at radius 2 is 1.44 bits per heavy atom. The smallest absolute Gasteiger partial charge is 0.0702 e. The molecule has 18 heavy (non-hydrogen) atoms. The molecule has 1 heterocycles. The fourth-order valence-corrected chi connectivity index (χ4v) is 1.25. The zero-order valence-electron chi connectivity index (χ0n) is 12.3. The third-order valence-corrected chi connectivity index (χ3v) is 1.98. The lowest BCUT2D eigenvalue weighted by molar-refractivity contribution is 1.09. The molecule has 2 aromatic rings. The second-order valence-electron chi connectivity index (χ2n) is 3.79. The van der Waals surface area contributed by atoms with Crippen molar-refractivity contribution in [1.82, 2.24) is 4.98 Å². The fraction of sp³-hybridized carbons (Fsp3) is 0.353. The maximum absolute atomic E-state index is 4.35. The number of hydrogen-bond donors (Lipinski definition) is 0. The van der Waals surface area contributed by atoms with Crippen LogP contribution in [0.1, 0.15) is 39.7 Å². The summed E-state index contributed by atoms with van der Waals surface area (Å²) in [5.41, 5.74) is 3.40. The molecule has 0 radical (unpaired) electrons. The van der Waals surface area contributed by atoms with E-state index >= 15 is 0 Å². The zero-order chi connectivity index (χ0) is 13.8. The maximum atomic E-state index is 4.35.